The lowest BCUT2D eigenvalue weighted by molar-refractivity contribution is -0.370. The number of carbonyl (C=O) groups is 2. The molecule has 4 aliphatic heterocycles. The average Bonchev–Trinajstić information content (AvgIpc) is 3.20. The molecule has 0 spiro atoms. The predicted octanol–water partition coefficient (Wildman–Crippen LogP) is -7.34. The summed E-state index contributed by atoms with van der Waals surface area (Å²) < 4.78 is 46.3. The third kappa shape index (κ3) is 10.4. The molecule has 60 heavy (non-hydrogen) atoms. The molecule has 2 aliphatic carbocycles. The molecule has 4 heterocycles. The van der Waals surface area contributed by atoms with Crippen LogP contribution in [0.15, 0.2) is 0 Å². The summed E-state index contributed by atoms with van der Waals surface area (Å²) in [5.74, 6) is -3.87. The molecule has 24 atom stereocenters. The van der Waals surface area contributed by atoms with Crippen molar-refractivity contribution in [3.8, 4) is 0 Å². The molecule has 24 unspecified atom stereocenters. The number of esters is 1. The summed E-state index contributed by atoms with van der Waals surface area (Å²) in [4.78, 5) is 23.2. The van der Waals surface area contributed by atoms with E-state index in [1.807, 2.05) is 0 Å². The van der Waals surface area contributed by atoms with Crippen LogP contribution in [-0.2, 0) is 47.5 Å². The highest BCUT2D eigenvalue weighted by Gasteiger charge is 2.55. The van der Waals surface area contributed by atoms with Crippen molar-refractivity contribution in [2.24, 2.45) is 11.8 Å². The first kappa shape index (κ1) is 47.6. The van der Waals surface area contributed by atoms with Gasteiger partial charge in [-0.1, -0.05) is 0 Å². The van der Waals surface area contributed by atoms with Gasteiger partial charge in [0.05, 0.1) is 55.9 Å². The topological polar surface area (TPSA) is 391 Å². The van der Waals surface area contributed by atoms with Crippen molar-refractivity contribution in [3.05, 3.63) is 0 Å². The van der Waals surface area contributed by atoms with Crippen LogP contribution in [-0.4, -0.2) is 238 Å². The second-order valence-electron chi connectivity index (χ2n) is 16.5. The van der Waals surface area contributed by atoms with Gasteiger partial charge in [0, 0.05) is 5.92 Å². The van der Waals surface area contributed by atoms with E-state index in [-0.39, 0.29) is 38.5 Å². The van der Waals surface area contributed by atoms with Crippen LogP contribution in [0.4, 0.5) is 0 Å². The Morgan fingerprint density at radius 1 is 0.550 bits per heavy atom. The molecule has 0 aromatic rings. The Hall–Kier alpha value is -1.86. The van der Waals surface area contributed by atoms with E-state index in [0.29, 0.717) is 0 Å². The smallest absolute Gasteiger partial charge is 0.317 e. The van der Waals surface area contributed by atoms with Crippen LogP contribution in [0.5, 0.6) is 0 Å². The van der Waals surface area contributed by atoms with Crippen LogP contribution in [0.25, 0.3) is 0 Å². The maximum absolute atomic E-state index is 12.2. The first-order valence-electron chi connectivity index (χ1n) is 20.1. The minimum atomic E-state index is -1.97. The van der Waals surface area contributed by atoms with Crippen LogP contribution in [0, 0.1) is 11.8 Å². The normalized spacial score (nSPS) is 50.1. The van der Waals surface area contributed by atoms with Gasteiger partial charge in [0.2, 0.25) is 0 Å². The van der Waals surface area contributed by atoms with Crippen molar-refractivity contribution in [1.82, 2.24) is 0 Å². The van der Waals surface area contributed by atoms with E-state index in [1.54, 1.807) is 0 Å². The number of aliphatic hydroxyl groups excluding tert-OH is 13. The standard InChI is InChI=1S/C36H58O24/c37-8-19-24(45)27(48)29(50)34(57-19)55-16-2-1-11(3-15(16)41)32-18(6-13-14(40)4-12(39)5-17(13)54-32)56-36-31(52)33(26(47)21(59-36)10-53-23(44)7-22(42)43)60-35-30(51)28(49)25(46)20(9-38)58-35/h11-21,24-41,45-52H,1-10H2,(H,42,43). The minimum Gasteiger partial charge on any atom is -0.481 e. The zero-order valence-electron chi connectivity index (χ0n) is 32.3. The fourth-order valence-electron chi connectivity index (χ4n) is 9.07. The summed E-state index contributed by atoms with van der Waals surface area (Å²) in [5, 5.41) is 146. The zero-order chi connectivity index (χ0) is 43.7. The van der Waals surface area contributed by atoms with E-state index in [1.165, 1.54) is 0 Å². The third-order valence-corrected chi connectivity index (χ3v) is 12.4. The van der Waals surface area contributed by atoms with E-state index in [4.69, 9.17) is 43.0 Å². The Labute approximate surface area is 342 Å². The van der Waals surface area contributed by atoms with Crippen molar-refractivity contribution in [3.63, 3.8) is 0 Å². The maximum atomic E-state index is 12.2. The van der Waals surface area contributed by atoms with Gasteiger partial charge in [0.1, 0.15) is 86.3 Å². The Balaban J connectivity index is 1.22. The Morgan fingerprint density at radius 2 is 1.12 bits per heavy atom. The van der Waals surface area contributed by atoms with Crippen molar-refractivity contribution < 1.29 is 119 Å². The molecule has 24 heteroatoms. The maximum Gasteiger partial charge on any atom is 0.317 e. The number of rotatable bonds is 13. The quantitative estimate of drug-likeness (QED) is 0.0604. The molecule has 6 rings (SSSR count). The number of ether oxygens (including phenoxy) is 8. The predicted molar refractivity (Wildman–Crippen MR) is 187 cm³/mol. The van der Waals surface area contributed by atoms with Crippen molar-refractivity contribution in [1.29, 1.82) is 0 Å². The number of carboxylic acids is 1. The van der Waals surface area contributed by atoms with E-state index in [2.05, 4.69) is 0 Å². The summed E-state index contributed by atoms with van der Waals surface area (Å²) in [6.07, 6.45) is -33.2. The third-order valence-electron chi connectivity index (χ3n) is 12.4. The molecule has 24 nitrogen and oxygen atoms in total. The summed E-state index contributed by atoms with van der Waals surface area (Å²) >= 11 is 0. The highest BCUT2D eigenvalue weighted by atomic mass is 16.7. The highest BCUT2D eigenvalue weighted by molar-refractivity contribution is 5.90. The summed E-state index contributed by atoms with van der Waals surface area (Å²) in [5.41, 5.74) is 0. The number of aliphatic hydroxyl groups is 13. The second kappa shape index (κ2) is 20.3. The molecule has 0 amide bonds. The molecular weight excluding hydrogens is 816 g/mol. The number of carboxylic acid groups (broad SMARTS) is 1. The van der Waals surface area contributed by atoms with Gasteiger partial charge < -0.3 is 109 Å². The van der Waals surface area contributed by atoms with Gasteiger partial charge in [-0.3, -0.25) is 9.59 Å². The fraction of sp³-hybridized carbons (Fsp3) is 0.944. The monoisotopic (exact) mass is 874 g/mol. The molecule has 0 radical (unpaired) electrons. The van der Waals surface area contributed by atoms with Crippen LogP contribution in [0.1, 0.15) is 44.9 Å². The summed E-state index contributed by atoms with van der Waals surface area (Å²) in [6, 6.07) is 0. The fourth-order valence-corrected chi connectivity index (χ4v) is 9.07. The first-order chi connectivity index (χ1) is 28.4. The lowest BCUT2D eigenvalue weighted by Crippen LogP contribution is -2.66. The molecular formula is C36H58O24. The van der Waals surface area contributed by atoms with Crippen molar-refractivity contribution in [2.45, 2.75) is 180 Å². The number of hydrogen-bond acceptors (Lipinski definition) is 23. The van der Waals surface area contributed by atoms with Crippen LogP contribution in [0.3, 0.4) is 0 Å². The molecule has 346 valence electrons. The van der Waals surface area contributed by atoms with Gasteiger partial charge in [-0.15, -0.1) is 0 Å². The van der Waals surface area contributed by atoms with Gasteiger partial charge in [0.25, 0.3) is 0 Å². The average molecular weight is 875 g/mol. The van der Waals surface area contributed by atoms with E-state index < -0.39 is 185 Å². The summed E-state index contributed by atoms with van der Waals surface area (Å²) in [6.45, 7) is -2.32. The van der Waals surface area contributed by atoms with Crippen LogP contribution >= 0.6 is 0 Å². The lowest BCUT2D eigenvalue weighted by atomic mass is 9.72. The van der Waals surface area contributed by atoms with Gasteiger partial charge in [-0.2, -0.15) is 0 Å². The largest absolute Gasteiger partial charge is 0.481 e. The van der Waals surface area contributed by atoms with Crippen LogP contribution < -0.4 is 0 Å². The molecule has 0 aromatic heterocycles. The minimum absolute atomic E-state index is 0.0209. The first-order valence-corrected chi connectivity index (χ1v) is 20.1. The van der Waals surface area contributed by atoms with Crippen molar-refractivity contribution >= 4 is 11.9 Å². The van der Waals surface area contributed by atoms with Gasteiger partial charge in [-0.25, -0.2) is 0 Å². The Bertz CT molecular complexity index is 1410. The molecule has 4 saturated heterocycles. The lowest BCUT2D eigenvalue weighted by Gasteiger charge is -2.52. The molecule has 0 aromatic carbocycles. The number of fused-ring (bicyclic) bond motifs is 1. The number of carbonyl (C=O) groups excluding carboxylic acids is 1. The van der Waals surface area contributed by atoms with Gasteiger partial charge >= 0.3 is 11.9 Å². The zero-order valence-corrected chi connectivity index (χ0v) is 32.3. The SMILES string of the molecule is O=C(O)CC(=O)OCC1OC(OC2CC3C(O)CC(O)CC3OC2C2CCC(OC3OC(CO)C(O)C(O)C3O)C(O)C2)C(O)C(OC2OC(CO)C(O)C(O)C2O)C1O. The number of hydrogen-bond donors (Lipinski definition) is 14. The van der Waals surface area contributed by atoms with Crippen molar-refractivity contribution in [2.75, 3.05) is 19.8 Å². The van der Waals surface area contributed by atoms with Gasteiger partial charge in [0.15, 0.2) is 18.9 Å². The second-order valence-corrected chi connectivity index (χ2v) is 16.5. The number of aliphatic carboxylic acids is 1. The van der Waals surface area contributed by atoms with Crippen LogP contribution in [0.2, 0.25) is 0 Å². The molecule has 2 saturated carbocycles. The van der Waals surface area contributed by atoms with E-state index in [0.717, 1.165) is 0 Å². The molecule has 6 fully saturated rings. The van der Waals surface area contributed by atoms with Gasteiger partial charge in [-0.05, 0) is 44.4 Å². The molecule has 14 N–H and O–H groups in total. The van der Waals surface area contributed by atoms with E-state index in [9.17, 15) is 76.0 Å². The summed E-state index contributed by atoms with van der Waals surface area (Å²) in [7, 11) is 0. The van der Waals surface area contributed by atoms with E-state index >= 15 is 0 Å². The molecule has 0 bridgehead atoms. The highest BCUT2D eigenvalue weighted by Crippen LogP contribution is 2.44. The molecule has 6 aliphatic rings. The Morgan fingerprint density at radius 3 is 1.70 bits per heavy atom. The Kier molecular flexibility index (Phi) is 16.1.